The van der Waals surface area contributed by atoms with Crippen molar-refractivity contribution in [2.45, 2.75) is 57.9 Å². The van der Waals surface area contributed by atoms with E-state index in [1.54, 1.807) is 0 Å². The molecule has 0 radical (unpaired) electrons. The molecule has 0 heterocycles. The maximum Gasteiger partial charge on any atom is 0.0336 e. The molecule has 1 heteroatoms. The SMILES string of the molecule is C/C=C(/CCCNC1C=CC(C(c2ccccc2)c2ccccc2)=CC1)c1ccccc1C(C)C. The lowest BCUT2D eigenvalue weighted by Crippen LogP contribution is -2.29. The van der Waals surface area contributed by atoms with Gasteiger partial charge >= 0.3 is 0 Å². The third-order valence-corrected chi connectivity index (χ3v) is 7.03. The van der Waals surface area contributed by atoms with E-state index in [1.165, 1.54) is 33.4 Å². The highest BCUT2D eigenvalue weighted by Gasteiger charge is 2.20. The van der Waals surface area contributed by atoms with Crippen molar-refractivity contribution in [3.8, 4) is 0 Å². The number of rotatable bonds is 10. The van der Waals surface area contributed by atoms with Gasteiger partial charge in [0.1, 0.15) is 0 Å². The summed E-state index contributed by atoms with van der Waals surface area (Å²) >= 11 is 0. The van der Waals surface area contributed by atoms with Crippen LogP contribution in [0, 0.1) is 0 Å². The molecule has 0 fully saturated rings. The van der Waals surface area contributed by atoms with Crippen LogP contribution in [0.2, 0.25) is 0 Å². The molecule has 3 aromatic carbocycles. The molecule has 1 unspecified atom stereocenters. The molecule has 1 aliphatic carbocycles. The largest absolute Gasteiger partial charge is 0.310 e. The van der Waals surface area contributed by atoms with Crippen molar-refractivity contribution in [1.29, 1.82) is 0 Å². The van der Waals surface area contributed by atoms with Crippen molar-refractivity contribution < 1.29 is 0 Å². The number of allylic oxidation sites excluding steroid dienone is 4. The molecule has 0 amide bonds. The van der Waals surface area contributed by atoms with E-state index in [0.717, 1.165) is 25.8 Å². The average molecular weight is 462 g/mol. The van der Waals surface area contributed by atoms with Crippen LogP contribution in [0.4, 0.5) is 0 Å². The predicted octanol–water partition coefficient (Wildman–Crippen LogP) is 8.67. The zero-order valence-electron chi connectivity index (χ0n) is 21.5. The van der Waals surface area contributed by atoms with Crippen LogP contribution in [0.15, 0.2) is 115 Å². The standard InChI is InChI=1S/C34H39N/c1-4-27(33-20-12-11-19-32(33)26(2)3)18-13-25-35-31-23-21-30(22-24-31)34(28-14-7-5-8-15-28)29-16-9-6-10-17-29/h4-12,14-17,19-23,26,31,34-35H,13,18,24-25H2,1-3H3/b27-4-. The molecule has 180 valence electrons. The fraction of sp³-hybridized carbons (Fsp3) is 0.294. The minimum atomic E-state index is 0.285. The highest BCUT2D eigenvalue weighted by Crippen LogP contribution is 2.34. The lowest BCUT2D eigenvalue weighted by molar-refractivity contribution is 0.577. The molecule has 35 heavy (non-hydrogen) atoms. The Morgan fingerprint density at radius 2 is 1.51 bits per heavy atom. The van der Waals surface area contributed by atoms with Crippen LogP contribution in [0.1, 0.15) is 74.1 Å². The summed E-state index contributed by atoms with van der Waals surface area (Å²) in [7, 11) is 0. The van der Waals surface area contributed by atoms with Crippen molar-refractivity contribution in [1.82, 2.24) is 5.32 Å². The number of nitrogens with one attached hydrogen (secondary N) is 1. The maximum atomic E-state index is 3.77. The van der Waals surface area contributed by atoms with Gasteiger partial charge in [-0.1, -0.05) is 123 Å². The Hall–Kier alpha value is -3.16. The fourth-order valence-corrected chi connectivity index (χ4v) is 5.16. The first-order valence-electron chi connectivity index (χ1n) is 13.1. The molecule has 1 nitrogen and oxygen atoms in total. The third kappa shape index (κ3) is 6.50. The first kappa shape index (κ1) is 24.9. The van der Waals surface area contributed by atoms with Crippen LogP contribution in [-0.4, -0.2) is 12.6 Å². The van der Waals surface area contributed by atoms with E-state index in [2.05, 4.69) is 135 Å². The molecular weight excluding hydrogens is 422 g/mol. The van der Waals surface area contributed by atoms with Crippen LogP contribution in [-0.2, 0) is 0 Å². The Morgan fingerprint density at radius 3 is 2.09 bits per heavy atom. The van der Waals surface area contributed by atoms with Gasteiger partial charge in [-0.15, -0.1) is 0 Å². The van der Waals surface area contributed by atoms with Gasteiger partial charge in [-0.2, -0.15) is 0 Å². The van der Waals surface area contributed by atoms with E-state index in [9.17, 15) is 0 Å². The monoisotopic (exact) mass is 461 g/mol. The smallest absolute Gasteiger partial charge is 0.0336 e. The first-order valence-corrected chi connectivity index (χ1v) is 13.1. The van der Waals surface area contributed by atoms with Crippen molar-refractivity contribution >= 4 is 5.57 Å². The second-order valence-electron chi connectivity index (χ2n) is 9.77. The molecule has 0 bridgehead atoms. The van der Waals surface area contributed by atoms with E-state index in [-0.39, 0.29) is 5.92 Å². The number of hydrogen-bond acceptors (Lipinski definition) is 1. The molecule has 1 N–H and O–H groups in total. The van der Waals surface area contributed by atoms with Gasteiger partial charge in [0.15, 0.2) is 0 Å². The molecule has 3 aromatic rings. The summed E-state index contributed by atoms with van der Waals surface area (Å²) in [4.78, 5) is 0. The summed E-state index contributed by atoms with van der Waals surface area (Å²) in [5.74, 6) is 0.830. The Bertz CT molecular complexity index is 1110. The van der Waals surface area contributed by atoms with Crippen LogP contribution in [0.3, 0.4) is 0 Å². The Labute approximate surface area is 212 Å². The van der Waals surface area contributed by atoms with E-state index < -0.39 is 0 Å². The van der Waals surface area contributed by atoms with Gasteiger partial charge in [0, 0.05) is 12.0 Å². The van der Waals surface area contributed by atoms with Crippen LogP contribution >= 0.6 is 0 Å². The molecule has 0 aliphatic heterocycles. The van der Waals surface area contributed by atoms with Gasteiger partial charge < -0.3 is 5.32 Å². The third-order valence-electron chi connectivity index (χ3n) is 7.03. The van der Waals surface area contributed by atoms with Gasteiger partial charge in [0.05, 0.1) is 0 Å². The van der Waals surface area contributed by atoms with Gasteiger partial charge in [-0.3, -0.25) is 0 Å². The van der Waals surface area contributed by atoms with E-state index in [4.69, 9.17) is 0 Å². The van der Waals surface area contributed by atoms with Crippen molar-refractivity contribution in [3.05, 3.63) is 137 Å². The minimum Gasteiger partial charge on any atom is -0.310 e. The molecule has 1 atom stereocenters. The minimum absolute atomic E-state index is 0.285. The Morgan fingerprint density at radius 1 is 0.886 bits per heavy atom. The van der Waals surface area contributed by atoms with Crippen molar-refractivity contribution in [3.63, 3.8) is 0 Å². The van der Waals surface area contributed by atoms with Crippen LogP contribution in [0.5, 0.6) is 0 Å². The zero-order valence-corrected chi connectivity index (χ0v) is 21.5. The average Bonchev–Trinajstić information content (AvgIpc) is 2.91. The van der Waals surface area contributed by atoms with Crippen molar-refractivity contribution in [2.24, 2.45) is 0 Å². The topological polar surface area (TPSA) is 12.0 Å². The molecule has 0 aromatic heterocycles. The summed E-state index contributed by atoms with van der Waals surface area (Å²) < 4.78 is 0. The molecule has 4 rings (SSSR count). The van der Waals surface area contributed by atoms with Gasteiger partial charge in [0.25, 0.3) is 0 Å². The Kier molecular flexibility index (Phi) is 8.92. The summed E-state index contributed by atoms with van der Waals surface area (Å²) in [5, 5.41) is 3.77. The van der Waals surface area contributed by atoms with Crippen LogP contribution < -0.4 is 5.32 Å². The molecule has 0 saturated carbocycles. The number of benzene rings is 3. The predicted molar refractivity (Wildman–Crippen MR) is 152 cm³/mol. The van der Waals surface area contributed by atoms with E-state index >= 15 is 0 Å². The number of hydrogen-bond donors (Lipinski definition) is 1. The van der Waals surface area contributed by atoms with Gasteiger partial charge in [0.2, 0.25) is 0 Å². The maximum absolute atomic E-state index is 3.77. The molecule has 1 aliphatic rings. The summed E-state index contributed by atoms with van der Waals surface area (Å²) in [6.45, 7) is 7.77. The first-order chi connectivity index (χ1) is 17.2. The van der Waals surface area contributed by atoms with E-state index in [0.29, 0.717) is 12.0 Å². The summed E-state index contributed by atoms with van der Waals surface area (Å²) in [6.07, 6.45) is 12.7. The quantitative estimate of drug-likeness (QED) is 0.298. The summed E-state index contributed by atoms with van der Waals surface area (Å²) in [5.41, 5.74) is 8.42. The fourth-order valence-electron chi connectivity index (χ4n) is 5.16. The second kappa shape index (κ2) is 12.5. The highest BCUT2D eigenvalue weighted by atomic mass is 14.9. The van der Waals surface area contributed by atoms with Crippen molar-refractivity contribution in [2.75, 3.05) is 6.54 Å². The Balaban J connectivity index is 1.34. The molecule has 0 saturated heterocycles. The lowest BCUT2D eigenvalue weighted by atomic mass is 9.82. The zero-order chi connectivity index (χ0) is 24.5. The van der Waals surface area contributed by atoms with Gasteiger partial charge in [-0.05, 0) is 72.0 Å². The lowest BCUT2D eigenvalue weighted by Gasteiger charge is -2.24. The highest BCUT2D eigenvalue weighted by molar-refractivity contribution is 5.68. The van der Waals surface area contributed by atoms with Crippen LogP contribution in [0.25, 0.3) is 5.57 Å². The summed E-state index contributed by atoms with van der Waals surface area (Å²) in [6, 6.07) is 31.0. The van der Waals surface area contributed by atoms with Gasteiger partial charge in [-0.25, -0.2) is 0 Å². The van der Waals surface area contributed by atoms with E-state index in [1.807, 2.05) is 0 Å². The molecule has 0 spiro atoms. The normalized spacial score (nSPS) is 16.1. The molecular formula is C34H39N. The second-order valence-corrected chi connectivity index (χ2v) is 9.77.